The highest BCUT2D eigenvalue weighted by molar-refractivity contribution is 6.36. The lowest BCUT2D eigenvalue weighted by molar-refractivity contribution is -0.123. The molecular weight excluding hydrogens is 431 g/mol. The van der Waals surface area contributed by atoms with E-state index in [0.29, 0.717) is 28.3 Å². The molecule has 1 atom stereocenters. The molecule has 1 N–H and O–H groups in total. The Hall–Kier alpha value is -2.97. The number of nitrogens with one attached hydrogen (secondary N) is 1. The van der Waals surface area contributed by atoms with Gasteiger partial charge in [0.1, 0.15) is 5.69 Å². The number of carbonyl (C=O) groups is 2. The van der Waals surface area contributed by atoms with E-state index in [0.717, 1.165) is 0 Å². The topological polar surface area (TPSA) is 103 Å². The van der Waals surface area contributed by atoms with Crippen molar-refractivity contribution in [2.75, 3.05) is 5.32 Å². The highest BCUT2D eigenvalue weighted by atomic mass is 35.5. The summed E-state index contributed by atoms with van der Waals surface area (Å²) in [5, 5.41) is 2.97. The van der Waals surface area contributed by atoms with E-state index < -0.39 is 18.0 Å². The van der Waals surface area contributed by atoms with Gasteiger partial charge in [0.25, 0.3) is 11.5 Å². The van der Waals surface area contributed by atoms with E-state index in [1.807, 2.05) is 6.92 Å². The molecule has 1 aromatic carbocycles. The van der Waals surface area contributed by atoms with Gasteiger partial charge in [-0.3, -0.25) is 9.59 Å². The predicted molar refractivity (Wildman–Crippen MR) is 114 cm³/mol. The number of carbonyl (C=O) groups excluding carboxylic acids is 2. The molecule has 2 aromatic heterocycles. The number of nitrogens with zero attached hydrogens (tertiary/aromatic N) is 3. The summed E-state index contributed by atoms with van der Waals surface area (Å²) in [6.45, 7) is 5.36. The lowest BCUT2D eigenvalue weighted by atomic mass is 10.2. The minimum Gasteiger partial charge on any atom is -0.449 e. The van der Waals surface area contributed by atoms with Crippen LogP contribution >= 0.6 is 23.2 Å². The number of hydrogen-bond donors (Lipinski definition) is 1. The van der Waals surface area contributed by atoms with Crippen LogP contribution in [0.3, 0.4) is 0 Å². The lowest BCUT2D eigenvalue weighted by Gasteiger charge is -2.14. The first kappa shape index (κ1) is 21.7. The molecule has 0 aliphatic carbocycles. The van der Waals surface area contributed by atoms with Crippen LogP contribution in [0.25, 0.3) is 11.0 Å². The molecule has 0 bridgehead atoms. The SMILES string of the molecule is CCn1c(=O)c(C)nc2cc(C(=O)O[C@H](C)C(=O)Nc3ncc(Cl)cc3Cl)ccc21. The highest BCUT2D eigenvalue weighted by Crippen LogP contribution is 2.23. The van der Waals surface area contributed by atoms with Gasteiger partial charge in [-0.25, -0.2) is 14.8 Å². The van der Waals surface area contributed by atoms with Gasteiger partial charge in [-0.1, -0.05) is 23.2 Å². The van der Waals surface area contributed by atoms with E-state index in [1.54, 1.807) is 17.6 Å². The average molecular weight is 449 g/mol. The van der Waals surface area contributed by atoms with Crippen LogP contribution in [0.1, 0.15) is 29.9 Å². The Morgan fingerprint density at radius 3 is 2.67 bits per heavy atom. The fraction of sp³-hybridized carbons (Fsp3) is 0.250. The van der Waals surface area contributed by atoms with Crippen molar-refractivity contribution < 1.29 is 14.3 Å². The number of rotatable bonds is 5. The molecule has 3 rings (SSSR count). The van der Waals surface area contributed by atoms with Gasteiger partial charge >= 0.3 is 5.97 Å². The molecule has 0 radical (unpaired) electrons. The summed E-state index contributed by atoms with van der Waals surface area (Å²) in [5.41, 5.74) is 1.45. The second kappa shape index (κ2) is 8.81. The summed E-state index contributed by atoms with van der Waals surface area (Å²) >= 11 is 11.8. The summed E-state index contributed by atoms with van der Waals surface area (Å²) < 4.78 is 6.82. The van der Waals surface area contributed by atoms with E-state index in [4.69, 9.17) is 27.9 Å². The average Bonchev–Trinajstić information content (AvgIpc) is 2.70. The Balaban J connectivity index is 1.77. The number of pyridine rings is 1. The zero-order valence-corrected chi connectivity index (χ0v) is 17.9. The molecule has 10 heteroatoms. The molecule has 2 heterocycles. The molecule has 3 aromatic rings. The molecule has 0 aliphatic heterocycles. The Kier molecular flexibility index (Phi) is 6.38. The normalized spacial score (nSPS) is 11.9. The second-order valence-electron chi connectivity index (χ2n) is 6.47. The van der Waals surface area contributed by atoms with Gasteiger partial charge in [0.15, 0.2) is 11.9 Å². The van der Waals surface area contributed by atoms with Crippen LogP contribution in [0.5, 0.6) is 0 Å². The predicted octanol–water partition coefficient (Wildman–Crippen LogP) is 3.61. The van der Waals surface area contributed by atoms with E-state index in [-0.39, 0.29) is 22.0 Å². The third kappa shape index (κ3) is 4.44. The van der Waals surface area contributed by atoms with Crippen molar-refractivity contribution in [3.05, 3.63) is 62.1 Å². The van der Waals surface area contributed by atoms with Crippen LogP contribution in [-0.4, -0.2) is 32.5 Å². The molecule has 0 spiro atoms. The van der Waals surface area contributed by atoms with Gasteiger partial charge in [0.05, 0.1) is 26.6 Å². The summed E-state index contributed by atoms with van der Waals surface area (Å²) in [6, 6.07) is 6.11. The Morgan fingerprint density at radius 2 is 2.00 bits per heavy atom. The Morgan fingerprint density at radius 1 is 1.27 bits per heavy atom. The molecule has 0 saturated carbocycles. The van der Waals surface area contributed by atoms with Gasteiger partial charge in [0.2, 0.25) is 0 Å². The number of hydrogen-bond acceptors (Lipinski definition) is 6. The van der Waals surface area contributed by atoms with Crippen LogP contribution in [0.2, 0.25) is 10.0 Å². The fourth-order valence-electron chi connectivity index (χ4n) is 2.82. The quantitative estimate of drug-likeness (QED) is 0.597. The maximum atomic E-state index is 12.5. The third-order valence-electron chi connectivity index (χ3n) is 4.36. The van der Waals surface area contributed by atoms with Crippen molar-refractivity contribution in [1.82, 2.24) is 14.5 Å². The van der Waals surface area contributed by atoms with Gasteiger partial charge in [-0.15, -0.1) is 0 Å². The molecule has 0 fully saturated rings. The molecule has 0 aliphatic rings. The number of aryl methyl sites for hydroxylation is 2. The molecule has 1 amide bonds. The smallest absolute Gasteiger partial charge is 0.338 e. The first-order valence-electron chi connectivity index (χ1n) is 9.05. The van der Waals surface area contributed by atoms with Crippen molar-refractivity contribution >= 4 is 51.9 Å². The molecule has 0 unspecified atom stereocenters. The second-order valence-corrected chi connectivity index (χ2v) is 7.31. The minimum absolute atomic E-state index is 0.108. The zero-order chi connectivity index (χ0) is 22.0. The summed E-state index contributed by atoms with van der Waals surface area (Å²) in [5.74, 6) is -1.20. The number of anilines is 1. The van der Waals surface area contributed by atoms with E-state index in [1.165, 1.54) is 31.3 Å². The van der Waals surface area contributed by atoms with Crippen LogP contribution in [0.15, 0.2) is 35.3 Å². The minimum atomic E-state index is -1.11. The lowest BCUT2D eigenvalue weighted by Crippen LogP contribution is -2.30. The van der Waals surface area contributed by atoms with Crippen LogP contribution in [0.4, 0.5) is 5.82 Å². The first-order valence-corrected chi connectivity index (χ1v) is 9.81. The zero-order valence-electron chi connectivity index (χ0n) is 16.4. The Bertz CT molecular complexity index is 1210. The first-order chi connectivity index (χ1) is 14.2. The highest BCUT2D eigenvalue weighted by Gasteiger charge is 2.21. The Labute approximate surface area is 181 Å². The maximum Gasteiger partial charge on any atom is 0.338 e. The van der Waals surface area contributed by atoms with Crippen molar-refractivity contribution in [3.8, 4) is 0 Å². The fourth-order valence-corrected chi connectivity index (χ4v) is 3.25. The summed E-state index contributed by atoms with van der Waals surface area (Å²) in [7, 11) is 0. The van der Waals surface area contributed by atoms with Gasteiger partial charge < -0.3 is 14.6 Å². The van der Waals surface area contributed by atoms with E-state index >= 15 is 0 Å². The van der Waals surface area contributed by atoms with Crippen LogP contribution < -0.4 is 10.9 Å². The molecule has 8 nitrogen and oxygen atoms in total. The van der Waals surface area contributed by atoms with Crippen molar-refractivity contribution in [2.24, 2.45) is 0 Å². The van der Waals surface area contributed by atoms with E-state index in [2.05, 4.69) is 15.3 Å². The molecule has 156 valence electrons. The van der Waals surface area contributed by atoms with Crippen molar-refractivity contribution in [2.45, 2.75) is 33.4 Å². The number of aromatic nitrogens is 3. The number of amides is 1. The molecule has 30 heavy (non-hydrogen) atoms. The van der Waals surface area contributed by atoms with Crippen LogP contribution in [-0.2, 0) is 16.1 Å². The van der Waals surface area contributed by atoms with Crippen molar-refractivity contribution in [1.29, 1.82) is 0 Å². The monoisotopic (exact) mass is 448 g/mol. The van der Waals surface area contributed by atoms with Crippen molar-refractivity contribution in [3.63, 3.8) is 0 Å². The van der Waals surface area contributed by atoms with Crippen LogP contribution in [0, 0.1) is 6.92 Å². The summed E-state index contributed by atoms with van der Waals surface area (Å²) in [6.07, 6.45) is 0.223. The largest absolute Gasteiger partial charge is 0.449 e. The summed E-state index contributed by atoms with van der Waals surface area (Å²) in [4.78, 5) is 45.2. The van der Waals surface area contributed by atoms with Gasteiger partial charge in [-0.05, 0) is 45.0 Å². The maximum absolute atomic E-state index is 12.5. The third-order valence-corrected chi connectivity index (χ3v) is 4.86. The number of ether oxygens (including phenoxy) is 1. The molecular formula is C20H18Cl2N4O4. The van der Waals surface area contributed by atoms with E-state index in [9.17, 15) is 14.4 Å². The van der Waals surface area contributed by atoms with Gasteiger partial charge in [0, 0.05) is 12.7 Å². The number of fused-ring (bicyclic) bond motifs is 1. The standard InChI is InChI=1S/C20H18Cl2N4O4/c1-4-26-16-6-5-12(7-15(16)24-10(2)19(26)28)20(29)30-11(3)18(27)25-17-14(22)8-13(21)9-23-17/h5-9,11H,4H2,1-3H3,(H,23,25,27)/t11-/m1/s1. The number of esters is 1. The molecule has 0 saturated heterocycles. The number of halogens is 2. The van der Waals surface area contributed by atoms with Gasteiger partial charge in [-0.2, -0.15) is 0 Å². The number of benzene rings is 1.